The van der Waals surface area contributed by atoms with Gasteiger partial charge < -0.3 is 10.7 Å². The van der Waals surface area contributed by atoms with Crippen molar-refractivity contribution in [1.82, 2.24) is 15.3 Å². The van der Waals surface area contributed by atoms with Crippen molar-refractivity contribution in [3.63, 3.8) is 0 Å². The number of anilines is 1. The molecule has 6 heteroatoms. The van der Waals surface area contributed by atoms with E-state index in [0.717, 1.165) is 41.7 Å². The second kappa shape index (κ2) is 4.12. The lowest BCUT2D eigenvalue weighted by molar-refractivity contribution is 0.614. The molecule has 1 aromatic heterocycles. The van der Waals surface area contributed by atoms with Gasteiger partial charge in [-0.25, -0.2) is 15.8 Å². The molecule has 2 heterocycles. The molecule has 0 saturated heterocycles. The standard InChI is InChI=1S/C8H13N5S/c1-14-8-11-6-4-10-3-2-5(6)7(12-8)13-9/h10H,2-4,9H2,1H3,(H,11,12,13). The summed E-state index contributed by atoms with van der Waals surface area (Å²) >= 11 is 1.53. The summed E-state index contributed by atoms with van der Waals surface area (Å²) in [5, 5.41) is 4.04. The third-order valence-electron chi connectivity index (χ3n) is 2.24. The number of nitrogens with zero attached hydrogens (tertiary/aromatic N) is 2. The van der Waals surface area contributed by atoms with Crippen LogP contribution in [0, 0.1) is 0 Å². The van der Waals surface area contributed by atoms with Crippen molar-refractivity contribution in [3.8, 4) is 0 Å². The quantitative estimate of drug-likeness (QED) is 0.279. The van der Waals surface area contributed by atoms with Crippen LogP contribution in [0.2, 0.25) is 0 Å². The van der Waals surface area contributed by atoms with Gasteiger partial charge in [-0.15, -0.1) is 0 Å². The summed E-state index contributed by atoms with van der Waals surface area (Å²) < 4.78 is 0. The smallest absolute Gasteiger partial charge is 0.189 e. The van der Waals surface area contributed by atoms with E-state index in [1.807, 2.05) is 6.26 Å². The zero-order valence-electron chi connectivity index (χ0n) is 8.00. The Morgan fingerprint density at radius 3 is 3.07 bits per heavy atom. The molecule has 4 N–H and O–H groups in total. The Kier molecular flexibility index (Phi) is 2.85. The minimum atomic E-state index is 0.764. The highest BCUT2D eigenvalue weighted by Gasteiger charge is 2.16. The van der Waals surface area contributed by atoms with Crippen LogP contribution in [0.15, 0.2) is 5.16 Å². The van der Waals surface area contributed by atoms with Crippen molar-refractivity contribution in [3.05, 3.63) is 11.3 Å². The van der Waals surface area contributed by atoms with Gasteiger partial charge in [-0.2, -0.15) is 0 Å². The van der Waals surface area contributed by atoms with Gasteiger partial charge in [0, 0.05) is 12.1 Å². The lowest BCUT2D eigenvalue weighted by Gasteiger charge is -2.18. The van der Waals surface area contributed by atoms with Crippen molar-refractivity contribution >= 4 is 17.6 Å². The highest BCUT2D eigenvalue weighted by molar-refractivity contribution is 7.98. The van der Waals surface area contributed by atoms with E-state index in [-0.39, 0.29) is 0 Å². The van der Waals surface area contributed by atoms with Gasteiger partial charge in [-0.3, -0.25) is 0 Å². The van der Waals surface area contributed by atoms with E-state index < -0.39 is 0 Å². The van der Waals surface area contributed by atoms with Crippen molar-refractivity contribution in [2.45, 2.75) is 18.1 Å². The Hall–Kier alpha value is -0.850. The molecule has 2 rings (SSSR count). The number of nitrogens with one attached hydrogen (secondary N) is 2. The minimum Gasteiger partial charge on any atom is -0.311 e. The summed E-state index contributed by atoms with van der Waals surface area (Å²) in [5.74, 6) is 6.19. The van der Waals surface area contributed by atoms with Gasteiger partial charge >= 0.3 is 0 Å². The first-order valence-electron chi connectivity index (χ1n) is 4.46. The average Bonchev–Trinajstić information content (AvgIpc) is 2.27. The summed E-state index contributed by atoms with van der Waals surface area (Å²) in [4.78, 5) is 8.75. The molecule has 0 unspecified atom stereocenters. The van der Waals surface area contributed by atoms with Crippen LogP contribution in [0.1, 0.15) is 11.3 Å². The molecule has 0 spiro atoms. The molecule has 1 aromatic rings. The van der Waals surface area contributed by atoms with Crippen molar-refractivity contribution in [2.75, 3.05) is 18.2 Å². The van der Waals surface area contributed by atoms with Crippen molar-refractivity contribution < 1.29 is 0 Å². The summed E-state index contributed by atoms with van der Waals surface area (Å²) in [6.45, 7) is 1.77. The minimum absolute atomic E-state index is 0.764. The zero-order valence-corrected chi connectivity index (χ0v) is 8.82. The van der Waals surface area contributed by atoms with E-state index in [0.29, 0.717) is 0 Å². The fourth-order valence-corrected chi connectivity index (χ4v) is 1.93. The normalized spacial score (nSPS) is 15.0. The molecule has 76 valence electrons. The first-order chi connectivity index (χ1) is 6.85. The van der Waals surface area contributed by atoms with E-state index in [4.69, 9.17) is 5.84 Å². The second-order valence-electron chi connectivity index (χ2n) is 3.06. The lowest BCUT2D eigenvalue weighted by Crippen LogP contribution is -2.27. The number of thioether (sulfide) groups is 1. The predicted molar refractivity (Wildman–Crippen MR) is 57.0 cm³/mol. The van der Waals surface area contributed by atoms with E-state index in [2.05, 4.69) is 20.7 Å². The molecule has 0 bridgehead atoms. The maximum Gasteiger partial charge on any atom is 0.189 e. The first-order valence-corrected chi connectivity index (χ1v) is 5.68. The van der Waals surface area contributed by atoms with Crippen LogP contribution in [0.4, 0.5) is 5.82 Å². The monoisotopic (exact) mass is 211 g/mol. The molecule has 0 aromatic carbocycles. The fraction of sp³-hybridized carbons (Fsp3) is 0.500. The SMILES string of the molecule is CSc1nc2c(c(NN)n1)CCNC2. The maximum atomic E-state index is 5.43. The zero-order chi connectivity index (χ0) is 9.97. The highest BCUT2D eigenvalue weighted by atomic mass is 32.2. The molecule has 0 amide bonds. The topological polar surface area (TPSA) is 75.9 Å². The number of nitrogens with two attached hydrogens (primary N) is 1. The summed E-state index contributed by atoms with van der Waals surface area (Å²) in [6, 6.07) is 0. The number of nitrogen functional groups attached to an aromatic ring is 1. The van der Waals surface area contributed by atoms with Gasteiger partial charge in [-0.05, 0) is 19.2 Å². The number of hydrogen-bond acceptors (Lipinski definition) is 6. The molecule has 0 atom stereocenters. The number of aromatic nitrogens is 2. The molecule has 14 heavy (non-hydrogen) atoms. The molecule has 0 aliphatic carbocycles. The van der Waals surface area contributed by atoms with Crippen LogP contribution >= 0.6 is 11.8 Å². The van der Waals surface area contributed by atoms with Crippen LogP contribution in [0.25, 0.3) is 0 Å². The molecule has 1 aliphatic heterocycles. The summed E-state index contributed by atoms with van der Waals surface area (Å²) in [6.07, 6.45) is 2.89. The maximum absolute atomic E-state index is 5.43. The fourth-order valence-electron chi connectivity index (χ4n) is 1.55. The third-order valence-corrected chi connectivity index (χ3v) is 2.78. The largest absolute Gasteiger partial charge is 0.311 e. The number of rotatable bonds is 2. The van der Waals surface area contributed by atoms with E-state index in [1.54, 1.807) is 0 Å². The third kappa shape index (κ3) is 1.68. The van der Waals surface area contributed by atoms with Crippen molar-refractivity contribution in [1.29, 1.82) is 0 Å². The molecular formula is C8H13N5S. The Morgan fingerprint density at radius 1 is 1.50 bits per heavy atom. The van der Waals surface area contributed by atoms with Crippen LogP contribution in [0.3, 0.4) is 0 Å². The number of hydrogen-bond donors (Lipinski definition) is 3. The van der Waals surface area contributed by atoms with E-state index in [9.17, 15) is 0 Å². The molecule has 0 fully saturated rings. The Bertz CT molecular complexity index is 323. The van der Waals surface area contributed by atoms with Crippen LogP contribution in [0.5, 0.6) is 0 Å². The van der Waals surface area contributed by atoms with E-state index in [1.165, 1.54) is 11.8 Å². The van der Waals surface area contributed by atoms with Crippen LogP contribution in [-0.2, 0) is 13.0 Å². The Morgan fingerprint density at radius 2 is 2.36 bits per heavy atom. The molecule has 1 aliphatic rings. The van der Waals surface area contributed by atoms with Gasteiger partial charge in [-0.1, -0.05) is 11.8 Å². The predicted octanol–water partition coefficient (Wildman–Crippen LogP) is 0.130. The summed E-state index contributed by atoms with van der Waals surface area (Å²) in [7, 11) is 0. The second-order valence-corrected chi connectivity index (χ2v) is 3.83. The first kappa shape index (κ1) is 9.70. The Labute approximate surface area is 86.9 Å². The highest BCUT2D eigenvalue weighted by Crippen LogP contribution is 2.22. The van der Waals surface area contributed by atoms with Crippen molar-refractivity contribution in [2.24, 2.45) is 5.84 Å². The average molecular weight is 211 g/mol. The van der Waals surface area contributed by atoms with Gasteiger partial charge in [0.1, 0.15) is 5.82 Å². The van der Waals surface area contributed by atoms with Gasteiger partial charge in [0.15, 0.2) is 5.16 Å². The lowest BCUT2D eigenvalue weighted by atomic mass is 10.1. The summed E-state index contributed by atoms with van der Waals surface area (Å²) in [5.41, 5.74) is 4.84. The molecular weight excluding hydrogens is 198 g/mol. The molecule has 0 saturated carbocycles. The number of fused-ring (bicyclic) bond motifs is 1. The number of hydrazine groups is 1. The Balaban J connectivity index is 2.47. The molecule has 5 nitrogen and oxygen atoms in total. The molecule has 0 radical (unpaired) electrons. The van der Waals surface area contributed by atoms with Gasteiger partial charge in [0.25, 0.3) is 0 Å². The van der Waals surface area contributed by atoms with Gasteiger partial charge in [0.2, 0.25) is 0 Å². The van der Waals surface area contributed by atoms with Gasteiger partial charge in [0.05, 0.1) is 5.69 Å². The van der Waals surface area contributed by atoms with E-state index >= 15 is 0 Å². The van der Waals surface area contributed by atoms with Crippen LogP contribution in [-0.4, -0.2) is 22.8 Å². The van der Waals surface area contributed by atoms with Crippen LogP contribution < -0.4 is 16.6 Å².